The van der Waals surface area contributed by atoms with Crippen molar-refractivity contribution in [3.63, 3.8) is 0 Å². The molecule has 0 spiro atoms. The minimum Gasteiger partial charge on any atom is -0.338 e. The number of nitrogens with zero attached hydrogens (tertiary/aromatic N) is 5. The summed E-state index contributed by atoms with van der Waals surface area (Å²) in [6.45, 7) is 3.21. The average molecular weight is 341 g/mol. The Morgan fingerprint density at radius 1 is 1.04 bits per heavy atom. The lowest BCUT2D eigenvalue weighted by Crippen LogP contribution is -2.51. The van der Waals surface area contributed by atoms with E-state index >= 15 is 0 Å². The van der Waals surface area contributed by atoms with Gasteiger partial charge in [0.15, 0.2) is 0 Å². The molecule has 2 aromatic rings. The van der Waals surface area contributed by atoms with Gasteiger partial charge in [0, 0.05) is 38.6 Å². The number of amides is 1. The Balaban J connectivity index is 1.44. The zero-order valence-corrected chi connectivity index (χ0v) is 13.4. The molecule has 0 bridgehead atoms. The Labute approximate surface area is 143 Å². The van der Waals surface area contributed by atoms with Crippen LogP contribution in [-0.2, 0) is 4.79 Å². The van der Waals surface area contributed by atoms with Crippen molar-refractivity contribution in [1.29, 1.82) is 0 Å². The lowest BCUT2D eigenvalue weighted by Gasteiger charge is -2.36. The topological polar surface area (TPSA) is 69.6 Å². The van der Waals surface area contributed by atoms with Crippen molar-refractivity contribution < 1.29 is 14.0 Å². The molecule has 0 radical (unpaired) electrons. The molecule has 2 aliphatic rings. The van der Waals surface area contributed by atoms with Gasteiger partial charge in [0.25, 0.3) is 5.78 Å². The van der Waals surface area contributed by atoms with Crippen LogP contribution in [0.25, 0.3) is 0 Å². The number of rotatable bonds is 3. The fraction of sp³-hybridized carbons (Fsp3) is 0.294. The second-order valence-corrected chi connectivity index (χ2v) is 6.02. The van der Waals surface area contributed by atoms with Gasteiger partial charge in [0.2, 0.25) is 5.95 Å². The summed E-state index contributed by atoms with van der Waals surface area (Å²) in [5.41, 5.74) is 0.617. The summed E-state index contributed by atoms with van der Waals surface area (Å²) < 4.78 is 13.3. The molecule has 1 aromatic heterocycles. The molecule has 0 saturated carbocycles. The van der Waals surface area contributed by atoms with E-state index in [0.717, 1.165) is 19.2 Å². The number of carbonyl (C=O) groups excluding carboxylic acids is 2. The predicted octanol–water partition coefficient (Wildman–Crippen LogP) is 0.925. The van der Waals surface area contributed by atoms with E-state index in [0.29, 0.717) is 31.4 Å². The summed E-state index contributed by atoms with van der Waals surface area (Å²) in [5, 5.41) is 0. The van der Waals surface area contributed by atoms with Crippen LogP contribution >= 0.6 is 0 Å². The molecule has 1 amide bonds. The van der Waals surface area contributed by atoms with Gasteiger partial charge in [-0.15, -0.1) is 0 Å². The second kappa shape index (κ2) is 6.21. The molecule has 4 rings (SSSR count). The number of fused-ring (bicyclic) bond motifs is 1. The Morgan fingerprint density at radius 3 is 2.48 bits per heavy atom. The molecule has 128 valence electrons. The number of aromatic nitrogens is 2. The molecule has 0 aliphatic carbocycles. The van der Waals surface area contributed by atoms with Crippen LogP contribution in [0.5, 0.6) is 0 Å². The number of anilines is 2. The van der Waals surface area contributed by atoms with Gasteiger partial charge < -0.3 is 4.90 Å². The van der Waals surface area contributed by atoms with E-state index in [9.17, 15) is 14.0 Å². The highest BCUT2D eigenvalue weighted by Gasteiger charge is 2.37. The molecule has 0 N–H and O–H groups in total. The molecule has 1 saturated heterocycles. The standard InChI is InChI=1S/C17H16FN5O2/c18-12-2-3-14-13(10-12)15(24)16(25)23(14)11-21-6-8-22(9-7-21)17-19-4-1-5-20-17/h1-5,10H,6-9,11H2. The Kier molecular flexibility index (Phi) is 3.89. The Morgan fingerprint density at radius 2 is 1.76 bits per heavy atom. The smallest absolute Gasteiger partial charge is 0.300 e. The summed E-state index contributed by atoms with van der Waals surface area (Å²) in [7, 11) is 0. The lowest BCUT2D eigenvalue weighted by molar-refractivity contribution is -0.114. The molecule has 7 nitrogen and oxygen atoms in total. The first kappa shape index (κ1) is 15.6. The first-order valence-electron chi connectivity index (χ1n) is 8.03. The van der Waals surface area contributed by atoms with E-state index in [1.807, 2.05) is 0 Å². The van der Waals surface area contributed by atoms with Crippen molar-refractivity contribution in [2.75, 3.05) is 42.6 Å². The second-order valence-electron chi connectivity index (χ2n) is 6.02. The molecule has 1 aromatic carbocycles. The van der Waals surface area contributed by atoms with E-state index in [2.05, 4.69) is 19.8 Å². The van der Waals surface area contributed by atoms with Crippen molar-refractivity contribution in [3.8, 4) is 0 Å². The number of Topliss-reactive ketones (excluding diaryl/α,β-unsaturated/α-hetero) is 1. The summed E-state index contributed by atoms with van der Waals surface area (Å²) in [5.74, 6) is -1.08. The number of hydrogen-bond acceptors (Lipinski definition) is 6. The van der Waals surface area contributed by atoms with E-state index in [4.69, 9.17) is 0 Å². The van der Waals surface area contributed by atoms with Crippen LogP contribution in [0.4, 0.5) is 16.0 Å². The van der Waals surface area contributed by atoms with Crippen LogP contribution in [0.1, 0.15) is 10.4 Å². The zero-order valence-electron chi connectivity index (χ0n) is 13.4. The Hall–Kier alpha value is -2.87. The minimum atomic E-state index is -0.647. The maximum atomic E-state index is 13.3. The molecule has 1 fully saturated rings. The van der Waals surface area contributed by atoms with Crippen LogP contribution in [0.15, 0.2) is 36.7 Å². The summed E-state index contributed by atoms with van der Waals surface area (Å²) in [6.07, 6.45) is 3.42. The van der Waals surface area contributed by atoms with Crippen molar-refractivity contribution in [2.24, 2.45) is 0 Å². The SMILES string of the molecule is O=C1C(=O)N(CN2CCN(c3ncccn3)CC2)c2ccc(F)cc21. The van der Waals surface area contributed by atoms with Gasteiger partial charge >= 0.3 is 5.91 Å². The van der Waals surface area contributed by atoms with Crippen molar-refractivity contribution in [1.82, 2.24) is 14.9 Å². The van der Waals surface area contributed by atoms with Crippen LogP contribution in [0.3, 0.4) is 0 Å². The highest BCUT2D eigenvalue weighted by atomic mass is 19.1. The van der Waals surface area contributed by atoms with Gasteiger partial charge in [0.05, 0.1) is 17.9 Å². The molecule has 25 heavy (non-hydrogen) atoms. The lowest BCUT2D eigenvalue weighted by atomic mass is 10.1. The first-order valence-corrected chi connectivity index (χ1v) is 8.03. The molecule has 2 aliphatic heterocycles. The molecule has 0 unspecified atom stereocenters. The number of halogens is 1. The fourth-order valence-electron chi connectivity index (χ4n) is 3.16. The summed E-state index contributed by atoms with van der Waals surface area (Å²) in [4.78, 5) is 38.3. The van der Waals surface area contributed by atoms with Crippen molar-refractivity contribution in [3.05, 3.63) is 48.0 Å². The fourth-order valence-corrected chi connectivity index (χ4v) is 3.16. The number of hydrogen-bond donors (Lipinski definition) is 0. The number of benzene rings is 1. The quantitative estimate of drug-likeness (QED) is 0.774. The highest BCUT2D eigenvalue weighted by Crippen LogP contribution is 2.29. The highest BCUT2D eigenvalue weighted by molar-refractivity contribution is 6.52. The molecule has 0 atom stereocenters. The minimum absolute atomic E-state index is 0.140. The van der Waals surface area contributed by atoms with Crippen LogP contribution < -0.4 is 9.80 Å². The van der Waals surface area contributed by atoms with Crippen LogP contribution in [0, 0.1) is 5.82 Å². The van der Waals surface area contributed by atoms with Gasteiger partial charge in [-0.3, -0.25) is 19.4 Å². The van der Waals surface area contributed by atoms with Crippen molar-refractivity contribution >= 4 is 23.3 Å². The number of piperazine rings is 1. The molecule has 3 heterocycles. The summed E-state index contributed by atoms with van der Waals surface area (Å²) >= 11 is 0. The average Bonchev–Trinajstić information content (AvgIpc) is 2.88. The molecule has 8 heteroatoms. The van der Waals surface area contributed by atoms with E-state index in [-0.39, 0.29) is 5.56 Å². The third kappa shape index (κ3) is 2.85. The Bertz CT molecular complexity index is 821. The number of ketones is 1. The predicted molar refractivity (Wildman–Crippen MR) is 88.9 cm³/mol. The maximum absolute atomic E-state index is 13.3. The van der Waals surface area contributed by atoms with Gasteiger partial charge in [0.1, 0.15) is 5.82 Å². The van der Waals surface area contributed by atoms with Crippen LogP contribution in [0.2, 0.25) is 0 Å². The van der Waals surface area contributed by atoms with Crippen molar-refractivity contribution in [2.45, 2.75) is 0 Å². The van der Waals surface area contributed by atoms with Crippen LogP contribution in [-0.4, -0.2) is 59.4 Å². The van der Waals surface area contributed by atoms with E-state index in [1.54, 1.807) is 18.5 Å². The van der Waals surface area contributed by atoms with Gasteiger partial charge in [-0.2, -0.15) is 0 Å². The largest absolute Gasteiger partial charge is 0.338 e. The van der Waals surface area contributed by atoms with E-state index in [1.165, 1.54) is 17.0 Å². The zero-order chi connectivity index (χ0) is 17.4. The third-order valence-corrected chi connectivity index (χ3v) is 4.48. The monoisotopic (exact) mass is 341 g/mol. The van der Waals surface area contributed by atoms with Gasteiger partial charge in [-0.05, 0) is 24.3 Å². The number of carbonyl (C=O) groups is 2. The third-order valence-electron chi connectivity index (χ3n) is 4.48. The van der Waals surface area contributed by atoms with Gasteiger partial charge in [-0.1, -0.05) is 0 Å². The van der Waals surface area contributed by atoms with E-state index < -0.39 is 17.5 Å². The van der Waals surface area contributed by atoms with Gasteiger partial charge in [-0.25, -0.2) is 14.4 Å². The maximum Gasteiger partial charge on any atom is 0.300 e. The first-order chi connectivity index (χ1) is 12.1. The molecular formula is C17H16FN5O2. The normalized spacial score (nSPS) is 18.0. The summed E-state index contributed by atoms with van der Waals surface area (Å²) in [6, 6.07) is 5.65. The molecular weight excluding hydrogens is 325 g/mol.